The molecule has 0 aliphatic heterocycles. The van der Waals surface area contributed by atoms with E-state index >= 15 is 0 Å². The lowest BCUT2D eigenvalue weighted by molar-refractivity contribution is 0.0720. The number of para-hydroxylation sites is 1. The monoisotopic (exact) mass is 433 g/mol. The molecule has 0 saturated carbocycles. The lowest BCUT2D eigenvalue weighted by atomic mass is 10.1. The SMILES string of the molecule is CCN(Cc1ccc(C(=O)N(C)C)cc1)C(=O)c1ccc(-c2nc3ccccc3s2)o1. The van der Waals surface area contributed by atoms with E-state index in [1.54, 1.807) is 43.3 Å². The number of carbonyl (C=O) groups is 2. The number of nitrogens with zero attached hydrogens (tertiary/aromatic N) is 3. The van der Waals surface area contributed by atoms with Crippen LogP contribution < -0.4 is 0 Å². The van der Waals surface area contributed by atoms with Gasteiger partial charge >= 0.3 is 0 Å². The van der Waals surface area contributed by atoms with Gasteiger partial charge < -0.3 is 14.2 Å². The molecule has 4 rings (SSSR count). The summed E-state index contributed by atoms with van der Waals surface area (Å²) >= 11 is 1.54. The summed E-state index contributed by atoms with van der Waals surface area (Å²) < 4.78 is 6.94. The van der Waals surface area contributed by atoms with E-state index < -0.39 is 0 Å². The summed E-state index contributed by atoms with van der Waals surface area (Å²) in [6.07, 6.45) is 0. The Balaban J connectivity index is 1.49. The summed E-state index contributed by atoms with van der Waals surface area (Å²) in [4.78, 5) is 32.9. The van der Waals surface area contributed by atoms with E-state index in [1.807, 2.05) is 43.3 Å². The lowest BCUT2D eigenvalue weighted by Crippen LogP contribution is -2.30. The fourth-order valence-corrected chi connectivity index (χ4v) is 4.19. The molecule has 0 aliphatic rings. The number of hydrogen-bond acceptors (Lipinski definition) is 5. The van der Waals surface area contributed by atoms with Gasteiger partial charge in [0.25, 0.3) is 11.8 Å². The Morgan fingerprint density at radius 3 is 2.39 bits per heavy atom. The molecule has 7 heteroatoms. The molecule has 6 nitrogen and oxygen atoms in total. The molecule has 31 heavy (non-hydrogen) atoms. The number of rotatable bonds is 6. The van der Waals surface area contributed by atoms with Gasteiger partial charge in [-0.1, -0.05) is 24.3 Å². The van der Waals surface area contributed by atoms with Gasteiger partial charge in [0.2, 0.25) is 0 Å². The Kier molecular flexibility index (Phi) is 5.86. The Labute approximate surface area is 184 Å². The van der Waals surface area contributed by atoms with E-state index in [9.17, 15) is 9.59 Å². The van der Waals surface area contributed by atoms with Crippen molar-refractivity contribution in [3.63, 3.8) is 0 Å². The van der Waals surface area contributed by atoms with Crippen LogP contribution in [0.2, 0.25) is 0 Å². The highest BCUT2D eigenvalue weighted by atomic mass is 32.1. The van der Waals surface area contributed by atoms with Crippen LogP contribution in [0.3, 0.4) is 0 Å². The molecular weight excluding hydrogens is 410 g/mol. The largest absolute Gasteiger partial charge is 0.448 e. The van der Waals surface area contributed by atoms with Crippen LogP contribution in [0.5, 0.6) is 0 Å². The molecule has 2 amide bonds. The summed E-state index contributed by atoms with van der Waals surface area (Å²) in [6.45, 7) is 2.90. The zero-order valence-electron chi connectivity index (χ0n) is 17.7. The smallest absolute Gasteiger partial charge is 0.289 e. The fraction of sp³-hybridized carbons (Fsp3) is 0.208. The van der Waals surface area contributed by atoms with Gasteiger partial charge in [0.15, 0.2) is 16.5 Å². The van der Waals surface area contributed by atoms with E-state index in [-0.39, 0.29) is 17.6 Å². The molecule has 0 aliphatic carbocycles. The highest BCUT2D eigenvalue weighted by molar-refractivity contribution is 7.21. The molecule has 0 spiro atoms. The summed E-state index contributed by atoms with van der Waals surface area (Å²) in [6, 6.07) is 18.7. The van der Waals surface area contributed by atoms with Crippen molar-refractivity contribution >= 4 is 33.4 Å². The third-order valence-corrected chi connectivity index (χ3v) is 6.02. The Morgan fingerprint density at radius 1 is 0.968 bits per heavy atom. The van der Waals surface area contributed by atoms with Crippen LogP contribution >= 0.6 is 11.3 Å². The molecule has 0 unspecified atom stereocenters. The predicted octanol–water partition coefficient (Wildman–Crippen LogP) is 4.92. The molecule has 0 N–H and O–H groups in total. The normalized spacial score (nSPS) is 10.9. The van der Waals surface area contributed by atoms with Crippen molar-refractivity contribution in [2.45, 2.75) is 13.5 Å². The molecule has 158 valence electrons. The van der Waals surface area contributed by atoms with E-state index in [2.05, 4.69) is 4.98 Å². The van der Waals surface area contributed by atoms with Gasteiger partial charge in [-0.25, -0.2) is 4.98 Å². The van der Waals surface area contributed by atoms with Crippen molar-refractivity contribution in [1.82, 2.24) is 14.8 Å². The third kappa shape index (κ3) is 4.36. The van der Waals surface area contributed by atoms with E-state index in [1.165, 1.54) is 16.2 Å². The number of thiazole rings is 1. The average Bonchev–Trinajstić information content (AvgIpc) is 3.44. The van der Waals surface area contributed by atoms with Gasteiger partial charge in [0.05, 0.1) is 10.2 Å². The average molecular weight is 434 g/mol. The van der Waals surface area contributed by atoms with Crippen LogP contribution in [0, 0.1) is 0 Å². The number of furan rings is 1. The number of carbonyl (C=O) groups excluding carboxylic acids is 2. The van der Waals surface area contributed by atoms with E-state index in [0.29, 0.717) is 24.4 Å². The van der Waals surface area contributed by atoms with Crippen molar-refractivity contribution in [3.8, 4) is 10.8 Å². The molecular formula is C24H23N3O3S. The zero-order valence-corrected chi connectivity index (χ0v) is 18.5. The van der Waals surface area contributed by atoms with Crippen LogP contribution in [-0.4, -0.2) is 47.2 Å². The second-order valence-electron chi connectivity index (χ2n) is 7.37. The summed E-state index contributed by atoms with van der Waals surface area (Å²) in [5.41, 5.74) is 2.48. The van der Waals surface area contributed by atoms with Gasteiger partial charge in [0, 0.05) is 32.7 Å². The molecule has 0 radical (unpaired) electrons. The Bertz CT molecular complexity index is 1190. The van der Waals surface area contributed by atoms with Crippen LogP contribution in [-0.2, 0) is 6.54 Å². The highest BCUT2D eigenvalue weighted by Gasteiger charge is 2.20. The minimum atomic E-state index is -0.177. The second kappa shape index (κ2) is 8.73. The summed E-state index contributed by atoms with van der Waals surface area (Å²) in [7, 11) is 3.44. The molecule has 0 fully saturated rings. The van der Waals surface area contributed by atoms with Crippen LogP contribution in [0.4, 0.5) is 0 Å². The first kappa shape index (κ1) is 20.8. The number of amides is 2. The molecule has 4 aromatic rings. The van der Waals surface area contributed by atoms with Gasteiger partial charge in [-0.15, -0.1) is 11.3 Å². The fourth-order valence-electron chi connectivity index (χ4n) is 3.26. The lowest BCUT2D eigenvalue weighted by Gasteiger charge is -2.20. The predicted molar refractivity (Wildman–Crippen MR) is 122 cm³/mol. The van der Waals surface area contributed by atoms with Crippen molar-refractivity contribution in [2.75, 3.05) is 20.6 Å². The molecule has 2 aromatic carbocycles. The summed E-state index contributed by atoms with van der Waals surface area (Å²) in [5, 5.41) is 0.754. The van der Waals surface area contributed by atoms with E-state index in [0.717, 1.165) is 20.8 Å². The van der Waals surface area contributed by atoms with Gasteiger partial charge in [-0.05, 0) is 48.9 Å². The topological polar surface area (TPSA) is 66.7 Å². The van der Waals surface area contributed by atoms with Gasteiger partial charge in [0.1, 0.15) is 0 Å². The van der Waals surface area contributed by atoms with Crippen molar-refractivity contribution < 1.29 is 14.0 Å². The number of fused-ring (bicyclic) bond motifs is 1. The maximum absolute atomic E-state index is 13.0. The minimum absolute atomic E-state index is 0.0482. The minimum Gasteiger partial charge on any atom is -0.448 e. The number of hydrogen-bond donors (Lipinski definition) is 0. The maximum Gasteiger partial charge on any atom is 0.289 e. The Hall–Kier alpha value is -3.45. The first-order chi connectivity index (χ1) is 15.0. The highest BCUT2D eigenvalue weighted by Crippen LogP contribution is 2.31. The number of aromatic nitrogens is 1. The van der Waals surface area contributed by atoms with Gasteiger partial charge in [-0.3, -0.25) is 9.59 Å². The quantitative estimate of drug-likeness (QED) is 0.433. The molecule has 2 aromatic heterocycles. The maximum atomic E-state index is 13.0. The molecule has 0 bridgehead atoms. The second-order valence-corrected chi connectivity index (χ2v) is 8.40. The Morgan fingerprint density at radius 2 is 1.71 bits per heavy atom. The van der Waals surface area contributed by atoms with Crippen LogP contribution in [0.25, 0.3) is 21.0 Å². The summed E-state index contributed by atoms with van der Waals surface area (Å²) in [5.74, 6) is 0.652. The third-order valence-electron chi connectivity index (χ3n) is 4.97. The molecule has 0 atom stereocenters. The number of benzene rings is 2. The first-order valence-electron chi connectivity index (χ1n) is 10.0. The van der Waals surface area contributed by atoms with Crippen molar-refractivity contribution in [1.29, 1.82) is 0 Å². The van der Waals surface area contributed by atoms with Crippen LogP contribution in [0.15, 0.2) is 65.1 Å². The van der Waals surface area contributed by atoms with E-state index in [4.69, 9.17) is 4.42 Å². The van der Waals surface area contributed by atoms with Gasteiger partial charge in [-0.2, -0.15) is 0 Å². The van der Waals surface area contributed by atoms with Crippen LogP contribution in [0.1, 0.15) is 33.4 Å². The first-order valence-corrected chi connectivity index (χ1v) is 10.8. The molecule has 2 heterocycles. The van der Waals surface area contributed by atoms with Crippen molar-refractivity contribution in [2.24, 2.45) is 0 Å². The van der Waals surface area contributed by atoms with Crippen molar-refractivity contribution in [3.05, 3.63) is 77.6 Å². The molecule has 0 saturated heterocycles. The standard InChI is InChI=1S/C24H23N3O3S/c1-4-27(15-16-9-11-17(12-10-16)23(28)26(2)3)24(29)20-14-13-19(30-20)22-25-18-7-5-6-8-21(18)31-22/h5-14H,4,15H2,1-3H3. The zero-order chi connectivity index (χ0) is 22.0.